The van der Waals surface area contributed by atoms with Crippen molar-refractivity contribution in [3.05, 3.63) is 85.8 Å². The van der Waals surface area contributed by atoms with Gasteiger partial charge in [-0.05, 0) is 76.8 Å². The van der Waals surface area contributed by atoms with Crippen LogP contribution < -0.4 is 11.1 Å². The number of hydrogen-bond donors (Lipinski definition) is 2. The highest BCUT2D eigenvalue weighted by Gasteiger charge is 2.22. The van der Waals surface area contributed by atoms with Crippen molar-refractivity contribution in [1.82, 2.24) is 4.90 Å². The average Bonchev–Trinajstić information content (AvgIpc) is 3.04. The maximum absolute atomic E-state index is 12.8. The fourth-order valence-electron chi connectivity index (χ4n) is 5.44. The Balaban J connectivity index is 1.18. The van der Waals surface area contributed by atoms with Crippen molar-refractivity contribution < 1.29 is 23.8 Å². The molecule has 0 spiro atoms. The van der Waals surface area contributed by atoms with Gasteiger partial charge in [-0.15, -0.1) is 0 Å². The first-order chi connectivity index (χ1) is 21.8. The summed E-state index contributed by atoms with van der Waals surface area (Å²) in [5, 5.41) is 4.16. The Bertz CT molecular complexity index is 1430. The number of esters is 2. The number of ether oxygens (including phenoxy) is 3. The van der Waals surface area contributed by atoms with Gasteiger partial charge in [0.05, 0.1) is 46.6 Å². The molecule has 45 heavy (non-hydrogen) atoms. The van der Waals surface area contributed by atoms with E-state index < -0.39 is 11.9 Å². The number of carbonyl (C=O) groups is 2. The molecule has 0 aromatic heterocycles. The van der Waals surface area contributed by atoms with Gasteiger partial charge in [-0.1, -0.05) is 73.7 Å². The minimum Gasteiger partial charge on any atom is -0.463 e. The van der Waals surface area contributed by atoms with Crippen molar-refractivity contribution in [3.63, 3.8) is 0 Å². The molecule has 1 fully saturated rings. The van der Waals surface area contributed by atoms with Crippen LogP contribution in [0.1, 0.15) is 60.5 Å². The van der Waals surface area contributed by atoms with Crippen molar-refractivity contribution in [1.29, 1.82) is 0 Å². The molecule has 1 saturated carbocycles. The van der Waals surface area contributed by atoms with E-state index in [0.717, 1.165) is 17.7 Å². The Kier molecular flexibility index (Phi) is 13.8. The molecule has 0 bridgehead atoms. The van der Waals surface area contributed by atoms with Crippen molar-refractivity contribution >= 4 is 68.1 Å². The van der Waals surface area contributed by atoms with Crippen LogP contribution in [-0.4, -0.2) is 55.9 Å². The summed E-state index contributed by atoms with van der Waals surface area (Å²) >= 11 is 16.1. The van der Waals surface area contributed by atoms with E-state index in [0.29, 0.717) is 49.7 Å². The number of hydrogen-bond acceptors (Lipinski definition) is 8. The maximum atomic E-state index is 12.8. The molecule has 0 heterocycles. The zero-order valence-electron chi connectivity index (χ0n) is 25.5. The lowest BCUT2D eigenvalue weighted by atomic mass is 9.93. The number of para-hydroxylation sites is 2. The van der Waals surface area contributed by atoms with Crippen LogP contribution in [0, 0.1) is 0 Å². The second-order valence-electron chi connectivity index (χ2n) is 10.9. The Labute approximate surface area is 283 Å². The SMILES string of the molecule is CCN(Cc1cc(C(=O)OCCOCCOC(=O)Cc2ccccc2Nc2c(Cl)cccc2Cl)cc(Br)c1N)C1CCCCC1. The molecule has 0 unspecified atom stereocenters. The zero-order chi connectivity index (χ0) is 32.2. The Morgan fingerprint density at radius 2 is 1.62 bits per heavy atom. The number of nitrogen functional groups attached to an aromatic ring is 1. The smallest absolute Gasteiger partial charge is 0.338 e. The lowest BCUT2D eigenvalue weighted by Gasteiger charge is -2.34. The van der Waals surface area contributed by atoms with Crippen LogP contribution in [-0.2, 0) is 32.0 Å². The summed E-state index contributed by atoms with van der Waals surface area (Å²) in [6, 6.07) is 16.7. The van der Waals surface area contributed by atoms with Gasteiger partial charge in [0.25, 0.3) is 0 Å². The van der Waals surface area contributed by atoms with Gasteiger partial charge in [-0.25, -0.2) is 4.79 Å². The number of carbonyl (C=O) groups excluding carboxylic acids is 2. The summed E-state index contributed by atoms with van der Waals surface area (Å²) in [6.45, 7) is 4.25. The van der Waals surface area contributed by atoms with E-state index in [1.807, 2.05) is 30.3 Å². The van der Waals surface area contributed by atoms with E-state index in [-0.39, 0.29) is 32.8 Å². The third-order valence-electron chi connectivity index (χ3n) is 7.85. The fourth-order valence-corrected chi connectivity index (χ4v) is 6.43. The molecule has 8 nitrogen and oxygen atoms in total. The molecular formula is C34H40BrCl2N3O5. The van der Waals surface area contributed by atoms with E-state index in [9.17, 15) is 9.59 Å². The second-order valence-corrected chi connectivity index (χ2v) is 12.6. The molecule has 3 N–H and O–H groups in total. The van der Waals surface area contributed by atoms with Crippen LogP contribution in [0.2, 0.25) is 10.0 Å². The van der Waals surface area contributed by atoms with Gasteiger partial charge >= 0.3 is 11.9 Å². The first kappa shape index (κ1) is 35.0. The van der Waals surface area contributed by atoms with Gasteiger partial charge in [-0.2, -0.15) is 0 Å². The van der Waals surface area contributed by atoms with Crippen molar-refractivity contribution in [2.75, 3.05) is 44.0 Å². The highest BCUT2D eigenvalue weighted by Crippen LogP contribution is 2.34. The number of anilines is 3. The third-order valence-corrected chi connectivity index (χ3v) is 9.13. The number of rotatable bonds is 15. The van der Waals surface area contributed by atoms with Crippen LogP contribution in [0.15, 0.2) is 59.1 Å². The molecule has 4 rings (SSSR count). The molecule has 0 amide bonds. The normalized spacial score (nSPS) is 13.5. The molecule has 0 aliphatic heterocycles. The molecule has 0 radical (unpaired) electrons. The Hall–Kier alpha value is -2.82. The third kappa shape index (κ3) is 10.3. The monoisotopic (exact) mass is 719 g/mol. The topological polar surface area (TPSA) is 103 Å². The second kappa shape index (κ2) is 17.8. The van der Waals surface area contributed by atoms with Crippen molar-refractivity contribution in [2.24, 2.45) is 0 Å². The van der Waals surface area contributed by atoms with Crippen LogP contribution in [0.4, 0.5) is 17.1 Å². The van der Waals surface area contributed by atoms with Gasteiger partial charge in [0.2, 0.25) is 0 Å². The summed E-state index contributed by atoms with van der Waals surface area (Å²) in [5.74, 6) is -0.850. The lowest BCUT2D eigenvalue weighted by molar-refractivity contribution is -0.144. The molecule has 1 aliphatic carbocycles. The van der Waals surface area contributed by atoms with Crippen molar-refractivity contribution in [2.45, 2.75) is 58.0 Å². The number of nitrogens with two attached hydrogens (primary N) is 1. The minimum absolute atomic E-state index is 0.0542. The minimum atomic E-state index is -0.446. The molecule has 0 saturated heterocycles. The Morgan fingerprint density at radius 1 is 0.933 bits per heavy atom. The summed E-state index contributed by atoms with van der Waals surface area (Å²) in [7, 11) is 0. The molecule has 11 heteroatoms. The molecular weight excluding hydrogens is 681 g/mol. The van der Waals surface area contributed by atoms with E-state index in [1.165, 1.54) is 32.1 Å². The van der Waals surface area contributed by atoms with E-state index >= 15 is 0 Å². The highest BCUT2D eigenvalue weighted by molar-refractivity contribution is 9.10. The van der Waals surface area contributed by atoms with Gasteiger partial charge < -0.3 is 25.3 Å². The van der Waals surface area contributed by atoms with Crippen LogP contribution in [0.5, 0.6) is 0 Å². The predicted molar refractivity (Wildman–Crippen MR) is 183 cm³/mol. The Morgan fingerprint density at radius 3 is 2.33 bits per heavy atom. The molecule has 3 aromatic rings. The average molecular weight is 722 g/mol. The molecule has 242 valence electrons. The zero-order valence-corrected chi connectivity index (χ0v) is 28.6. The number of halogens is 3. The number of benzene rings is 3. The van der Waals surface area contributed by atoms with E-state index in [4.69, 9.17) is 43.1 Å². The standard InChI is InChI=1S/C34H40BrCl2N3O5/c1-2-40(26-10-4-3-5-11-26)22-25-19-24(20-27(35)32(25)38)34(42)45-18-16-43-15-17-44-31(41)21-23-9-6-7-14-30(23)39-33-28(36)12-8-13-29(33)37/h6-9,12-14,19-20,26,39H,2-5,10-11,15-18,21-22,38H2,1H3. The van der Waals surface area contributed by atoms with E-state index in [1.54, 1.807) is 24.3 Å². The van der Waals surface area contributed by atoms with Gasteiger partial charge in [0.1, 0.15) is 13.2 Å². The predicted octanol–water partition coefficient (Wildman–Crippen LogP) is 8.20. The molecule has 1 aliphatic rings. The van der Waals surface area contributed by atoms with Crippen LogP contribution in [0.3, 0.4) is 0 Å². The quantitative estimate of drug-likeness (QED) is 0.0921. The first-order valence-electron chi connectivity index (χ1n) is 15.3. The summed E-state index contributed by atoms with van der Waals surface area (Å²) in [4.78, 5) is 27.7. The highest BCUT2D eigenvalue weighted by atomic mass is 79.9. The number of nitrogens with one attached hydrogen (secondary N) is 1. The summed E-state index contributed by atoms with van der Waals surface area (Å²) < 4.78 is 17.0. The molecule has 0 atom stereocenters. The molecule has 3 aromatic carbocycles. The van der Waals surface area contributed by atoms with Crippen LogP contribution >= 0.6 is 39.1 Å². The first-order valence-corrected chi connectivity index (χ1v) is 16.8. The van der Waals surface area contributed by atoms with E-state index in [2.05, 4.69) is 33.1 Å². The largest absolute Gasteiger partial charge is 0.463 e. The van der Waals surface area contributed by atoms with Crippen molar-refractivity contribution in [3.8, 4) is 0 Å². The fraction of sp³-hybridized carbons (Fsp3) is 0.412. The van der Waals surface area contributed by atoms with Crippen LogP contribution in [0.25, 0.3) is 0 Å². The summed E-state index contributed by atoms with van der Waals surface area (Å²) in [6.07, 6.45) is 6.25. The number of nitrogens with zero attached hydrogens (tertiary/aromatic N) is 1. The maximum Gasteiger partial charge on any atom is 0.338 e. The van der Waals surface area contributed by atoms with Gasteiger partial charge in [0.15, 0.2) is 0 Å². The van der Waals surface area contributed by atoms with Gasteiger partial charge in [-0.3, -0.25) is 9.69 Å². The lowest BCUT2D eigenvalue weighted by Crippen LogP contribution is -2.36. The van der Waals surface area contributed by atoms with Gasteiger partial charge in [0, 0.05) is 22.7 Å². The summed E-state index contributed by atoms with van der Waals surface area (Å²) in [5.41, 5.74) is 10.4.